The minimum atomic E-state index is -1.03. The van der Waals surface area contributed by atoms with Gasteiger partial charge in [0, 0.05) is 29.8 Å². The van der Waals surface area contributed by atoms with E-state index in [0.29, 0.717) is 46.9 Å². The number of benzene rings is 4. The Labute approximate surface area is 261 Å². The van der Waals surface area contributed by atoms with Gasteiger partial charge in [-0.25, -0.2) is 9.78 Å². The number of hydrogen-bond donors (Lipinski definition) is 2. The maximum absolute atomic E-state index is 13.2. The molecular formula is C36H34N4O5. The van der Waals surface area contributed by atoms with Crippen LogP contribution in [0.25, 0.3) is 11.0 Å². The first-order valence-electron chi connectivity index (χ1n) is 14.8. The van der Waals surface area contributed by atoms with E-state index in [1.807, 2.05) is 49.4 Å². The first-order chi connectivity index (χ1) is 21.9. The van der Waals surface area contributed by atoms with Crippen LogP contribution in [0.1, 0.15) is 45.3 Å². The molecule has 2 N–H and O–H groups in total. The van der Waals surface area contributed by atoms with E-state index < -0.39 is 12.0 Å². The number of nitrogens with one attached hydrogen (secondary N) is 1. The largest absolute Gasteiger partial charge is 0.492 e. The van der Waals surface area contributed by atoms with Gasteiger partial charge in [-0.15, -0.1) is 0 Å². The number of rotatable bonds is 14. The van der Waals surface area contributed by atoms with E-state index in [0.717, 1.165) is 17.5 Å². The number of para-hydroxylation sites is 3. The average molecular weight is 603 g/mol. The van der Waals surface area contributed by atoms with Gasteiger partial charge in [-0.05, 0) is 48.4 Å². The monoisotopic (exact) mass is 602 g/mol. The number of anilines is 1. The highest BCUT2D eigenvalue weighted by atomic mass is 16.5. The minimum absolute atomic E-state index is 0.186. The summed E-state index contributed by atoms with van der Waals surface area (Å²) in [6, 6.07) is 29.4. The van der Waals surface area contributed by atoms with Crippen molar-refractivity contribution in [2.24, 2.45) is 0 Å². The quantitative estimate of drug-likeness (QED) is 0.151. The number of nitrogens with zero attached hydrogens (tertiary/aromatic N) is 3. The van der Waals surface area contributed by atoms with Crippen molar-refractivity contribution in [1.82, 2.24) is 14.9 Å². The summed E-state index contributed by atoms with van der Waals surface area (Å²) in [6.45, 7) is 3.21. The van der Waals surface area contributed by atoms with Gasteiger partial charge in [0.1, 0.15) is 24.1 Å². The molecule has 0 radical (unpaired) electrons. The highest BCUT2D eigenvalue weighted by Crippen LogP contribution is 2.22. The van der Waals surface area contributed by atoms with Crippen LogP contribution >= 0.6 is 0 Å². The zero-order valence-electron chi connectivity index (χ0n) is 24.9. The van der Waals surface area contributed by atoms with Gasteiger partial charge in [-0.1, -0.05) is 73.7 Å². The molecule has 0 spiro atoms. The normalized spacial score (nSPS) is 11.5. The van der Waals surface area contributed by atoms with Gasteiger partial charge in [0.25, 0.3) is 5.91 Å². The summed E-state index contributed by atoms with van der Waals surface area (Å²) < 4.78 is 5.93. The lowest BCUT2D eigenvalue weighted by Gasteiger charge is -2.22. The number of carbonyl (C=O) groups is 3. The minimum Gasteiger partial charge on any atom is -0.492 e. The molecular weight excluding hydrogens is 568 g/mol. The van der Waals surface area contributed by atoms with Crippen LogP contribution < -0.4 is 10.1 Å². The molecule has 228 valence electrons. The zero-order chi connectivity index (χ0) is 31.6. The van der Waals surface area contributed by atoms with Crippen molar-refractivity contribution in [1.29, 1.82) is 0 Å². The number of carboxylic acid groups (broad SMARTS) is 1. The number of amides is 1. The second kappa shape index (κ2) is 14.7. The molecule has 9 nitrogen and oxygen atoms in total. The van der Waals surface area contributed by atoms with E-state index in [9.17, 15) is 19.5 Å². The van der Waals surface area contributed by atoms with Gasteiger partial charge in [0.05, 0.1) is 23.8 Å². The molecule has 0 saturated heterocycles. The molecule has 0 fully saturated rings. The van der Waals surface area contributed by atoms with E-state index in [2.05, 4.69) is 15.3 Å². The molecule has 0 aliphatic rings. The molecule has 1 aromatic heterocycles. The van der Waals surface area contributed by atoms with Crippen LogP contribution in [0.5, 0.6) is 5.75 Å². The van der Waals surface area contributed by atoms with Crippen molar-refractivity contribution in [3.05, 3.63) is 132 Å². The van der Waals surface area contributed by atoms with Crippen molar-refractivity contribution >= 4 is 34.4 Å². The number of carbonyl (C=O) groups excluding carboxylic acids is 2. The van der Waals surface area contributed by atoms with Gasteiger partial charge >= 0.3 is 5.97 Å². The second-order valence-corrected chi connectivity index (χ2v) is 10.5. The number of aromatic nitrogens is 2. The molecule has 1 unspecified atom stereocenters. The van der Waals surface area contributed by atoms with Crippen LogP contribution in [0.3, 0.4) is 0 Å². The van der Waals surface area contributed by atoms with E-state index in [1.54, 1.807) is 65.6 Å². The summed E-state index contributed by atoms with van der Waals surface area (Å²) in [7, 11) is 0. The van der Waals surface area contributed by atoms with E-state index in [1.165, 1.54) is 6.20 Å². The Morgan fingerprint density at radius 3 is 2.27 bits per heavy atom. The SMILES string of the molecule is CCCN(CCOc1ccc(CC(Nc2ccccc2C(=O)c2ccccc2)C(=O)O)cc1)C(=O)c1cnc2ccccc2n1. The Bertz CT molecular complexity index is 1780. The predicted octanol–water partition coefficient (Wildman–Crippen LogP) is 5.90. The summed E-state index contributed by atoms with van der Waals surface area (Å²) in [4.78, 5) is 49.0. The number of carboxylic acids is 1. The summed E-state index contributed by atoms with van der Waals surface area (Å²) in [5, 5.41) is 13.0. The van der Waals surface area contributed by atoms with E-state index in [-0.39, 0.29) is 24.7 Å². The lowest BCUT2D eigenvalue weighted by atomic mass is 10.00. The Morgan fingerprint density at radius 1 is 0.844 bits per heavy atom. The van der Waals surface area contributed by atoms with Crippen LogP contribution in [0.15, 0.2) is 109 Å². The van der Waals surface area contributed by atoms with Crippen LogP contribution in [0, 0.1) is 0 Å². The van der Waals surface area contributed by atoms with Crippen LogP contribution in [-0.4, -0.2) is 63.4 Å². The fourth-order valence-electron chi connectivity index (χ4n) is 4.98. The standard InChI is InChI=1S/C36H34N4O5/c1-2-20-40(35(42)33-24-37-30-14-8-9-15-31(30)39-33)21-22-45-27-18-16-25(17-19-27)23-32(36(43)44)38-29-13-7-6-12-28(29)34(41)26-10-4-3-5-11-26/h3-19,24,32,38H,2,20-23H2,1H3,(H,43,44). The van der Waals surface area contributed by atoms with Crippen molar-refractivity contribution in [2.45, 2.75) is 25.8 Å². The topological polar surface area (TPSA) is 122 Å². The number of hydrogen-bond acceptors (Lipinski definition) is 7. The first-order valence-corrected chi connectivity index (χ1v) is 14.8. The predicted molar refractivity (Wildman–Crippen MR) is 173 cm³/mol. The molecule has 0 saturated carbocycles. The molecule has 9 heteroatoms. The lowest BCUT2D eigenvalue weighted by molar-refractivity contribution is -0.137. The van der Waals surface area contributed by atoms with E-state index >= 15 is 0 Å². The molecule has 45 heavy (non-hydrogen) atoms. The van der Waals surface area contributed by atoms with Crippen LogP contribution in [0.4, 0.5) is 5.69 Å². The van der Waals surface area contributed by atoms with Crippen LogP contribution in [-0.2, 0) is 11.2 Å². The molecule has 5 rings (SSSR count). The van der Waals surface area contributed by atoms with Crippen LogP contribution in [0.2, 0.25) is 0 Å². The van der Waals surface area contributed by atoms with Crippen molar-refractivity contribution in [3.63, 3.8) is 0 Å². The number of ketones is 1. The summed E-state index contributed by atoms with van der Waals surface area (Å²) in [5.74, 6) is -0.817. The number of ether oxygens (including phenoxy) is 1. The van der Waals surface area contributed by atoms with Gasteiger partial charge in [-0.2, -0.15) is 0 Å². The summed E-state index contributed by atoms with van der Waals surface area (Å²) >= 11 is 0. The Morgan fingerprint density at radius 2 is 1.53 bits per heavy atom. The Kier molecular flexibility index (Phi) is 10.1. The van der Waals surface area contributed by atoms with Crippen molar-refractivity contribution in [2.75, 3.05) is 25.0 Å². The molecule has 5 aromatic rings. The highest BCUT2D eigenvalue weighted by Gasteiger charge is 2.22. The average Bonchev–Trinajstić information content (AvgIpc) is 3.08. The summed E-state index contributed by atoms with van der Waals surface area (Å²) in [5.41, 5.74) is 3.87. The highest BCUT2D eigenvalue weighted by molar-refractivity contribution is 6.12. The Balaban J connectivity index is 1.19. The maximum Gasteiger partial charge on any atom is 0.326 e. The second-order valence-electron chi connectivity index (χ2n) is 10.5. The molecule has 0 aliphatic carbocycles. The molecule has 0 aliphatic heterocycles. The van der Waals surface area contributed by atoms with Gasteiger partial charge in [0.2, 0.25) is 0 Å². The lowest BCUT2D eigenvalue weighted by Crippen LogP contribution is -2.35. The molecule has 1 amide bonds. The van der Waals surface area contributed by atoms with Crippen molar-refractivity contribution in [3.8, 4) is 5.75 Å². The molecule has 1 heterocycles. The molecule has 1 atom stereocenters. The summed E-state index contributed by atoms with van der Waals surface area (Å²) in [6.07, 6.45) is 2.48. The number of fused-ring (bicyclic) bond motifs is 1. The zero-order valence-corrected chi connectivity index (χ0v) is 24.9. The first kappa shape index (κ1) is 30.9. The molecule has 0 bridgehead atoms. The third-order valence-electron chi connectivity index (χ3n) is 7.28. The molecule has 4 aromatic carbocycles. The van der Waals surface area contributed by atoms with Gasteiger partial charge < -0.3 is 20.1 Å². The Hall–Kier alpha value is -5.57. The fourth-order valence-corrected chi connectivity index (χ4v) is 4.98. The third-order valence-corrected chi connectivity index (χ3v) is 7.28. The fraction of sp³-hybridized carbons (Fsp3) is 0.194. The number of aliphatic carboxylic acids is 1. The maximum atomic E-state index is 13.2. The van der Waals surface area contributed by atoms with Gasteiger partial charge in [0.15, 0.2) is 5.78 Å². The van der Waals surface area contributed by atoms with Crippen molar-refractivity contribution < 1.29 is 24.2 Å². The smallest absolute Gasteiger partial charge is 0.326 e. The third kappa shape index (κ3) is 7.88. The van der Waals surface area contributed by atoms with E-state index in [4.69, 9.17) is 4.74 Å². The van der Waals surface area contributed by atoms with Gasteiger partial charge in [-0.3, -0.25) is 14.6 Å².